The van der Waals surface area contributed by atoms with E-state index < -0.39 is 0 Å². The lowest BCUT2D eigenvalue weighted by molar-refractivity contribution is 0.316. The zero-order chi connectivity index (χ0) is 16.7. The molecule has 2 heterocycles. The average molecular weight is 321 g/mol. The second-order valence-corrected chi connectivity index (χ2v) is 6.28. The van der Waals surface area contributed by atoms with Gasteiger partial charge >= 0.3 is 5.76 Å². The first-order chi connectivity index (χ1) is 11.6. The Bertz CT molecular complexity index is 1040. The Labute approximate surface area is 139 Å². The summed E-state index contributed by atoms with van der Waals surface area (Å²) in [6.45, 7) is 1.63. The van der Waals surface area contributed by atoms with Crippen LogP contribution in [0.5, 0.6) is 0 Å². The van der Waals surface area contributed by atoms with Gasteiger partial charge in [0, 0.05) is 31.3 Å². The summed E-state index contributed by atoms with van der Waals surface area (Å²) in [6, 6.07) is 16.4. The topological polar surface area (TPSA) is 54.2 Å². The first-order valence-electron chi connectivity index (χ1n) is 7.94. The van der Waals surface area contributed by atoms with E-state index in [0.717, 1.165) is 29.7 Å². The van der Waals surface area contributed by atoms with Crippen LogP contribution in [0, 0.1) is 0 Å². The number of hydrogen-bond donors (Lipinski definition) is 1. The molecule has 0 aliphatic carbocycles. The van der Waals surface area contributed by atoms with Crippen LogP contribution in [0.4, 0.5) is 0 Å². The molecule has 0 aliphatic rings. The first kappa shape index (κ1) is 14.8. The molecule has 0 saturated heterocycles. The number of fused-ring (bicyclic) bond motifs is 2. The lowest BCUT2D eigenvalue weighted by atomic mass is 10.2. The lowest BCUT2D eigenvalue weighted by Gasteiger charge is -2.15. The van der Waals surface area contributed by atoms with Crippen LogP contribution in [-0.2, 0) is 20.1 Å². The van der Waals surface area contributed by atoms with Crippen molar-refractivity contribution in [1.82, 2.24) is 14.5 Å². The van der Waals surface area contributed by atoms with Crippen molar-refractivity contribution in [1.29, 1.82) is 0 Å². The summed E-state index contributed by atoms with van der Waals surface area (Å²) in [5.41, 5.74) is 4.96. The van der Waals surface area contributed by atoms with Gasteiger partial charge in [0.1, 0.15) is 0 Å². The van der Waals surface area contributed by atoms with E-state index in [1.165, 1.54) is 15.6 Å². The van der Waals surface area contributed by atoms with Crippen molar-refractivity contribution in [2.45, 2.75) is 13.1 Å². The molecule has 0 fully saturated rings. The zero-order valence-corrected chi connectivity index (χ0v) is 13.7. The molecule has 0 unspecified atom stereocenters. The standard InChI is InChI=1S/C19H19N3O2/c1-21(12-15-10-14-5-3-4-6-16(14)20-15)11-13-7-8-18-17(9-13)22(2)19(23)24-18/h3-10,20H,11-12H2,1-2H3. The highest BCUT2D eigenvalue weighted by Crippen LogP contribution is 2.18. The molecule has 5 heteroatoms. The van der Waals surface area contributed by atoms with Crippen LogP contribution < -0.4 is 5.76 Å². The molecule has 5 nitrogen and oxygen atoms in total. The average Bonchev–Trinajstić information content (AvgIpc) is 3.08. The molecule has 4 rings (SSSR count). The highest BCUT2D eigenvalue weighted by Gasteiger charge is 2.09. The zero-order valence-electron chi connectivity index (χ0n) is 13.7. The monoisotopic (exact) mass is 321 g/mol. The number of rotatable bonds is 4. The van der Waals surface area contributed by atoms with Crippen LogP contribution >= 0.6 is 0 Å². The molecule has 0 radical (unpaired) electrons. The molecule has 1 N–H and O–H groups in total. The van der Waals surface area contributed by atoms with Gasteiger partial charge in [-0.25, -0.2) is 4.79 Å². The Morgan fingerprint density at radius 3 is 2.79 bits per heavy atom. The van der Waals surface area contributed by atoms with Crippen molar-refractivity contribution in [2.24, 2.45) is 7.05 Å². The maximum absolute atomic E-state index is 11.6. The molecule has 0 spiro atoms. The van der Waals surface area contributed by atoms with Gasteiger partial charge in [0.2, 0.25) is 0 Å². The van der Waals surface area contributed by atoms with Gasteiger partial charge in [-0.3, -0.25) is 9.47 Å². The van der Waals surface area contributed by atoms with E-state index in [0.29, 0.717) is 5.58 Å². The normalized spacial score (nSPS) is 11.8. The highest BCUT2D eigenvalue weighted by molar-refractivity contribution is 5.80. The number of para-hydroxylation sites is 1. The molecule has 4 aromatic rings. The molecule has 122 valence electrons. The summed E-state index contributed by atoms with van der Waals surface area (Å²) in [5.74, 6) is -0.325. The van der Waals surface area contributed by atoms with Crippen LogP contribution in [0.25, 0.3) is 22.0 Å². The van der Waals surface area contributed by atoms with Gasteiger partial charge in [-0.05, 0) is 42.3 Å². The molecular formula is C19H19N3O2. The highest BCUT2D eigenvalue weighted by atomic mass is 16.4. The molecule has 0 amide bonds. The SMILES string of the molecule is CN(Cc1ccc2oc(=O)n(C)c2c1)Cc1cc2ccccc2[nH]1. The van der Waals surface area contributed by atoms with Crippen molar-refractivity contribution in [2.75, 3.05) is 7.05 Å². The number of benzene rings is 2. The number of aromatic amines is 1. The van der Waals surface area contributed by atoms with Gasteiger partial charge in [-0.2, -0.15) is 0 Å². The predicted octanol–water partition coefficient (Wildman–Crippen LogP) is 3.24. The van der Waals surface area contributed by atoms with Gasteiger partial charge in [-0.1, -0.05) is 24.3 Å². The third kappa shape index (κ3) is 2.63. The fourth-order valence-corrected chi connectivity index (χ4v) is 3.15. The first-order valence-corrected chi connectivity index (χ1v) is 7.94. The summed E-state index contributed by atoms with van der Waals surface area (Å²) < 4.78 is 6.71. The predicted molar refractivity (Wildman–Crippen MR) is 94.9 cm³/mol. The second kappa shape index (κ2) is 5.69. The number of oxazole rings is 1. The van der Waals surface area contributed by atoms with Crippen molar-refractivity contribution in [3.05, 3.63) is 70.3 Å². The molecule has 0 atom stereocenters. The fraction of sp³-hybridized carbons (Fsp3) is 0.211. The largest absolute Gasteiger partial charge is 0.419 e. The maximum atomic E-state index is 11.6. The molecule has 0 bridgehead atoms. The van der Waals surface area contributed by atoms with E-state index in [2.05, 4.69) is 35.1 Å². The van der Waals surface area contributed by atoms with Crippen LogP contribution in [0.1, 0.15) is 11.3 Å². The van der Waals surface area contributed by atoms with Gasteiger partial charge in [0.15, 0.2) is 5.58 Å². The molecule has 24 heavy (non-hydrogen) atoms. The Kier molecular flexibility index (Phi) is 3.50. The summed E-state index contributed by atoms with van der Waals surface area (Å²) >= 11 is 0. The molecule has 0 saturated carbocycles. The van der Waals surface area contributed by atoms with E-state index in [4.69, 9.17) is 4.42 Å². The smallest absolute Gasteiger partial charge is 0.408 e. The van der Waals surface area contributed by atoms with Crippen LogP contribution in [-0.4, -0.2) is 21.5 Å². The second-order valence-electron chi connectivity index (χ2n) is 6.28. The molecule has 0 aliphatic heterocycles. The number of H-pyrrole nitrogens is 1. The lowest BCUT2D eigenvalue weighted by Crippen LogP contribution is -2.17. The van der Waals surface area contributed by atoms with Crippen molar-refractivity contribution in [3.8, 4) is 0 Å². The van der Waals surface area contributed by atoms with Gasteiger partial charge in [0.05, 0.1) is 5.52 Å². The number of nitrogens with zero attached hydrogens (tertiary/aromatic N) is 2. The maximum Gasteiger partial charge on any atom is 0.419 e. The third-order valence-corrected chi connectivity index (χ3v) is 4.33. The summed E-state index contributed by atoms with van der Waals surface area (Å²) in [7, 11) is 3.82. The number of aryl methyl sites for hydroxylation is 1. The van der Waals surface area contributed by atoms with E-state index in [1.807, 2.05) is 30.3 Å². The van der Waals surface area contributed by atoms with E-state index in [-0.39, 0.29) is 5.76 Å². The summed E-state index contributed by atoms with van der Waals surface area (Å²) in [4.78, 5) is 17.3. The van der Waals surface area contributed by atoms with Gasteiger partial charge in [0.25, 0.3) is 0 Å². The number of nitrogens with one attached hydrogen (secondary N) is 1. The van der Waals surface area contributed by atoms with Gasteiger partial charge in [-0.15, -0.1) is 0 Å². The van der Waals surface area contributed by atoms with Crippen LogP contribution in [0.15, 0.2) is 57.7 Å². The number of hydrogen-bond acceptors (Lipinski definition) is 3. The van der Waals surface area contributed by atoms with E-state index >= 15 is 0 Å². The Balaban J connectivity index is 1.54. The van der Waals surface area contributed by atoms with Gasteiger partial charge < -0.3 is 9.40 Å². The molecule has 2 aromatic carbocycles. The Morgan fingerprint density at radius 1 is 1.12 bits per heavy atom. The van der Waals surface area contributed by atoms with Crippen molar-refractivity contribution < 1.29 is 4.42 Å². The van der Waals surface area contributed by atoms with Crippen LogP contribution in [0.2, 0.25) is 0 Å². The minimum atomic E-state index is -0.325. The van der Waals surface area contributed by atoms with E-state index in [9.17, 15) is 4.79 Å². The van der Waals surface area contributed by atoms with Crippen molar-refractivity contribution >= 4 is 22.0 Å². The Hall–Kier alpha value is -2.79. The Morgan fingerprint density at radius 2 is 1.96 bits per heavy atom. The minimum Gasteiger partial charge on any atom is -0.408 e. The van der Waals surface area contributed by atoms with Crippen molar-refractivity contribution in [3.63, 3.8) is 0 Å². The third-order valence-electron chi connectivity index (χ3n) is 4.33. The van der Waals surface area contributed by atoms with Crippen LogP contribution in [0.3, 0.4) is 0 Å². The summed E-state index contributed by atoms with van der Waals surface area (Å²) in [5, 5.41) is 1.23. The summed E-state index contributed by atoms with van der Waals surface area (Å²) in [6.07, 6.45) is 0. The molecular weight excluding hydrogens is 302 g/mol. The minimum absolute atomic E-state index is 0.325. The molecule has 2 aromatic heterocycles. The van der Waals surface area contributed by atoms with E-state index in [1.54, 1.807) is 7.05 Å². The quantitative estimate of drug-likeness (QED) is 0.628. The number of aromatic nitrogens is 2. The fourth-order valence-electron chi connectivity index (χ4n) is 3.15.